The number of carbonyl (C=O) groups is 1. The molecule has 90 valence electrons. The van der Waals surface area contributed by atoms with Gasteiger partial charge in [-0.15, -0.1) is 0 Å². The SMILES string of the molecule is CCC(CC)(Nc1cnccc1C#N)C(=O)O. The summed E-state index contributed by atoms with van der Waals surface area (Å²) in [5.74, 6) is -0.921. The van der Waals surface area contributed by atoms with Crippen molar-refractivity contribution in [3.05, 3.63) is 24.0 Å². The van der Waals surface area contributed by atoms with Crippen LogP contribution in [0.25, 0.3) is 0 Å². The fourth-order valence-electron chi connectivity index (χ4n) is 1.63. The summed E-state index contributed by atoms with van der Waals surface area (Å²) in [4.78, 5) is 15.2. The molecule has 0 spiro atoms. The minimum atomic E-state index is -1.05. The summed E-state index contributed by atoms with van der Waals surface area (Å²) in [6.45, 7) is 3.60. The summed E-state index contributed by atoms with van der Waals surface area (Å²) in [5, 5.41) is 21.1. The van der Waals surface area contributed by atoms with Crippen molar-refractivity contribution in [1.82, 2.24) is 4.98 Å². The van der Waals surface area contributed by atoms with Crippen molar-refractivity contribution in [3.63, 3.8) is 0 Å². The first-order valence-corrected chi connectivity index (χ1v) is 5.45. The van der Waals surface area contributed by atoms with Gasteiger partial charge in [-0.3, -0.25) is 4.98 Å². The fraction of sp³-hybridized carbons (Fsp3) is 0.417. The standard InChI is InChI=1S/C12H15N3O2/c1-3-12(4-2,11(16)17)15-10-8-14-6-5-9(10)7-13/h5-6,8,15H,3-4H2,1-2H3,(H,16,17). The van der Waals surface area contributed by atoms with E-state index >= 15 is 0 Å². The number of nitrogens with one attached hydrogen (secondary N) is 1. The molecular weight excluding hydrogens is 218 g/mol. The van der Waals surface area contributed by atoms with Crippen molar-refractivity contribution in [2.45, 2.75) is 32.2 Å². The largest absolute Gasteiger partial charge is 0.480 e. The predicted octanol–water partition coefficient (Wildman–Crippen LogP) is 2.01. The minimum Gasteiger partial charge on any atom is -0.480 e. The van der Waals surface area contributed by atoms with E-state index < -0.39 is 11.5 Å². The van der Waals surface area contributed by atoms with E-state index in [0.29, 0.717) is 24.1 Å². The molecule has 2 N–H and O–H groups in total. The van der Waals surface area contributed by atoms with Gasteiger partial charge in [-0.1, -0.05) is 13.8 Å². The number of aliphatic carboxylic acids is 1. The zero-order valence-electron chi connectivity index (χ0n) is 9.90. The zero-order valence-corrected chi connectivity index (χ0v) is 9.90. The average Bonchev–Trinajstić information content (AvgIpc) is 2.36. The van der Waals surface area contributed by atoms with Crippen molar-refractivity contribution in [3.8, 4) is 6.07 Å². The van der Waals surface area contributed by atoms with Crippen LogP contribution in [0.5, 0.6) is 0 Å². The monoisotopic (exact) mass is 233 g/mol. The maximum Gasteiger partial charge on any atom is 0.329 e. The van der Waals surface area contributed by atoms with Gasteiger partial charge in [-0.25, -0.2) is 4.79 Å². The predicted molar refractivity (Wildman–Crippen MR) is 63.5 cm³/mol. The highest BCUT2D eigenvalue weighted by Crippen LogP contribution is 2.24. The van der Waals surface area contributed by atoms with Crippen molar-refractivity contribution in [2.75, 3.05) is 5.32 Å². The van der Waals surface area contributed by atoms with Crippen LogP contribution in [0.15, 0.2) is 18.5 Å². The lowest BCUT2D eigenvalue weighted by Crippen LogP contribution is -2.45. The Morgan fingerprint density at radius 1 is 1.59 bits per heavy atom. The van der Waals surface area contributed by atoms with Crippen LogP contribution in [0.4, 0.5) is 5.69 Å². The third-order valence-corrected chi connectivity index (χ3v) is 2.93. The number of hydrogen-bond acceptors (Lipinski definition) is 4. The number of carboxylic acids is 1. The molecule has 0 aromatic carbocycles. The number of anilines is 1. The molecule has 1 aromatic heterocycles. The molecule has 1 heterocycles. The highest BCUT2D eigenvalue weighted by atomic mass is 16.4. The quantitative estimate of drug-likeness (QED) is 0.812. The highest BCUT2D eigenvalue weighted by molar-refractivity contribution is 5.83. The maximum atomic E-state index is 11.3. The molecule has 17 heavy (non-hydrogen) atoms. The Hall–Kier alpha value is -2.09. The van der Waals surface area contributed by atoms with Crippen LogP contribution >= 0.6 is 0 Å². The molecule has 0 aliphatic carbocycles. The van der Waals surface area contributed by atoms with Gasteiger partial charge < -0.3 is 10.4 Å². The molecule has 0 amide bonds. The van der Waals surface area contributed by atoms with Gasteiger partial charge in [0.1, 0.15) is 11.6 Å². The second-order valence-electron chi connectivity index (χ2n) is 3.75. The lowest BCUT2D eigenvalue weighted by atomic mass is 9.92. The summed E-state index contributed by atoms with van der Waals surface area (Å²) in [7, 11) is 0. The Bertz CT molecular complexity index is 447. The number of nitriles is 1. The molecule has 0 aliphatic heterocycles. The van der Waals surface area contributed by atoms with Gasteiger partial charge in [0.15, 0.2) is 0 Å². The minimum absolute atomic E-state index is 0.396. The second kappa shape index (κ2) is 5.30. The van der Waals surface area contributed by atoms with E-state index in [1.807, 2.05) is 6.07 Å². The molecule has 0 aliphatic rings. The molecule has 0 unspecified atom stereocenters. The van der Waals surface area contributed by atoms with Gasteiger partial charge in [-0.2, -0.15) is 5.26 Å². The number of hydrogen-bond donors (Lipinski definition) is 2. The number of nitrogens with zero attached hydrogens (tertiary/aromatic N) is 2. The van der Waals surface area contributed by atoms with Crippen molar-refractivity contribution in [1.29, 1.82) is 5.26 Å². The normalized spacial score (nSPS) is 10.6. The maximum absolute atomic E-state index is 11.3. The molecular formula is C12H15N3O2. The Balaban J connectivity index is 3.11. The zero-order chi connectivity index (χ0) is 12.9. The third-order valence-electron chi connectivity index (χ3n) is 2.93. The Morgan fingerprint density at radius 3 is 2.71 bits per heavy atom. The summed E-state index contributed by atoms with van der Waals surface area (Å²) >= 11 is 0. The first-order valence-electron chi connectivity index (χ1n) is 5.45. The van der Waals surface area contributed by atoms with Crippen LogP contribution < -0.4 is 5.32 Å². The van der Waals surface area contributed by atoms with Crippen molar-refractivity contribution >= 4 is 11.7 Å². The average molecular weight is 233 g/mol. The van der Waals surface area contributed by atoms with Crippen LogP contribution in [0.2, 0.25) is 0 Å². The molecule has 1 aromatic rings. The van der Waals surface area contributed by atoms with Crippen LogP contribution in [0.3, 0.4) is 0 Å². The van der Waals surface area contributed by atoms with Crippen LogP contribution in [-0.2, 0) is 4.79 Å². The van der Waals surface area contributed by atoms with Gasteiger partial charge >= 0.3 is 5.97 Å². The van der Waals surface area contributed by atoms with Gasteiger partial charge in [0.25, 0.3) is 0 Å². The van der Waals surface area contributed by atoms with Gasteiger partial charge in [-0.05, 0) is 18.9 Å². The van der Waals surface area contributed by atoms with E-state index in [0.717, 1.165) is 0 Å². The summed E-state index contributed by atoms with van der Waals surface area (Å²) in [6.07, 6.45) is 3.84. The van der Waals surface area contributed by atoms with Crippen molar-refractivity contribution < 1.29 is 9.90 Å². The lowest BCUT2D eigenvalue weighted by molar-refractivity contribution is -0.142. The molecule has 0 bridgehead atoms. The number of carboxylic acid groups (broad SMARTS) is 1. The fourth-order valence-corrected chi connectivity index (χ4v) is 1.63. The smallest absolute Gasteiger partial charge is 0.329 e. The van der Waals surface area contributed by atoms with Gasteiger partial charge in [0.05, 0.1) is 17.4 Å². The summed E-state index contributed by atoms with van der Waals surface area (Å²) in [5.41, 5.74) is -0.192. The van der Waals surface area contributed by atoms with E-state index in [9.17, 15) is 9.90 Å². The van der Waals surface area contributed by atoms with E-state index in [2.05, 4.69) is 10.3 Å². The topological polar surface area (TPSA) is 86.0 Å². The molecule has 1 rings (SSSR count). The molecule has 0 atom stereocenters. The first kappa shape index (κ1) is 13.0. The van der Waals surface area contributed by atoms with Crippen LogP contribution in [-0.4, -0.2) is 21.6 Å². The highest BCUT2D eigenvalue weighted by Gasteiger charge is 2.35. The lowest BCUT2D eigenvalue weighted by Gasteiger charge is -2.29. The molecule has 0 saturated carbocycles. The molecule has 0 radical (unpaired) electrons. The molecule has 5 heteroatoms. The van der Waals surface area contributed by atoms with Crippen LogP contribution in [0, 0.1) is 11.3 Å². The van der Waals surface area contributed by atoms with Gasteiger partial charge in [0, 0.05) is 6.20 Å². The third kappa shape index (κ3) is 2.53. The van der Waals surface area contributed by atoms with Crippen molar-refractivity contribution in [2.24, 2.45) is 0 Å². The Labute approximate surface area is 100 Å². The van der Waals surface area contributed by atoms with E-state index in [-0.39, 0.29) is 0 Å². The van der Waals surface area contributed by atoms with Crippen LogP contribution in [0.1, 0.15) is 32.3 Å². The Morgan fingerprint density at radius 2 is 2.24 bits per heavy atom. The van der Waals surface area contributed by atoms with E-state index in [1.54, 1.807) is 19.9 Å². The molecule has 5 nitrogen and oxygen atoms in total. The van der Waals surface area contributed by atoms with E-state index in [4.69, 9.17) is 5.26 Å². The second-order valence-corrected chi connectivity index (χ2v) is 3.75. The first-order chi connectivity index (χ1) is 8.09. The molecule has 0 fully saturated rings. The summed E-state index contributed by atoms with van der Waals surface area (Å²) in [6, 6.07) is 3.57. The molecule has 0 saturated heterocycles. The van der Waals surface area contributed by atoms with Gasteiger partial charge in [0.2, 0.25) is 0 Å². The number of rotatable bonds is 5. The van der Waals surface area contributed by atoms with E-state index in [1.165, 1.54) is 12.4 Å². The number of aromatic nitrogens is 1. The number of pyridine rings is 1. The summed E-state index contributed by atoms with van der Waals surface area (Å²) < 4.78 is 0. The Kier molecular flexibility index (Phi) is 4.05.